The molecule has 2 aromatic heterocycles. The van der Waals surface area contributed by atoms with Gasteiger partial charge in [0.05, 0.1) is 51.5 Å². The number of pyridine rings is 1. The second-order valence-electron chi connectivity index (χ2n) is 7.91. The molecule has 10 heteroatoms. The molecular weight excluding hydrogens is 499 g/mol. The molecule has 4 aromatic rings. The minimum Gasteiger partial charge on any atom is -0.492 e. The van der Waals surface area contributed by atoms with Gasteiger partial charge in [0.1, 0.15) is 11.8 Å². The van der Waals surface area contributed by atoms with Crippen LogP contribution in [0.15, 0.2) is 42.6 Å². The molecular formula is C26H24Cl2N6O2. The molecule has 1 amide bonds. The van der Waals surface area contributed by atoms with Gasteiger partial charge < -0.3 is 15.4 Å². The molecule has 0 fully saturated rings. The molecule has 0 radical (unpaired) electrons. The number of carbonyl (C=O) groups excluding carboxylic acids is 1. The van der Waals surface area contributed by atoms with Crippen molar-refractivity contribution in [3.63, 3.8) is 0 Å². The molecule has 2 N–H and O–H groups in total. The van der Waals surface area contributed by atoms with Crippen LogP contribution in [-0.2, 0) is 18.3 Å². The highest BCUT2D eigenvalue weighted by atomic mass is 35.5. The van der Waals surface area contributed by atoms with Crippen LogP contribution in [0, 0.1) is 11.3 Å². The van der Waals surface area contributed by atoms with Gasteiger partial charge in [0.25, 0.3) is 0 Å². The lowest BCUT2D eigenvalue weighted by molar-refractivity contribution is -0.111. The first-order valence-corrected chi connectivity index (χ1v) is 12.3. The summed E-state index contributed by atoms with van der Waals surface area (Å²) in [5.41, 5.74) is 4.20. The van der Waals surface area contributed by atoms with E-state index in [0.29, 0.717) is 63.0 Å². The van der Waals surface area contributed by atoms with Gasteiger partial charge in [-0.1, -0.05) is 24.6 Å². The Morgan fingerprint density at radius 2 is 2.08 bits per heavy atom. The van der Waals surface area contributed by atoms with Gasteiger partial charge in [-0.15, -0.1) is 11.6 Å². The molecule has 0 bridgehead atoms. The minimum absolute atomic E-state index is 0.219. The Bertz CT molecular complexity index is 1540. The van der Waals surface area contributed by atoms with E-state index < -0.39 is 0 Å². The summed E-state index contributed by atoms with van der Waals surface area (Å²) in [6, 6.07) is 9.52. The number of rotatable bonds is 8. The maximum absolute atomic E-state index is 12.4. The number of hydrogen-bond acceptors (Lipinski definition) is 6. The van der Waals surface area contributed by atoms with Gasteiger partial charge in [0.2, 0.25) is 5.91 Å². The molecule has 4 rings (SSSR count). The van der Waals surface area contributed by atoms with Crippen LogP contribution in [0.2, 0.25) is 5.02 Å². The predicted octanol–water partition coefficient (Wildman–Crippen LogP) is 6.08. The lowest BCUT2D eigenvalue weighted by Gasteiger charge is -2.18. The average Bonchev–Trinajstić information content (AvgIpc) is 3.24. The summed E-state index contributed by atoms with van der Waals surface area (Å²) >= 11 is 12.2. The Labute approximate surface area is 218 Å². The second kappa shape index (κ2) is 10.9. The van der Waals surface area contributed by atoms with Crippen LogP contribution in [-0.4, -0.2) is 33.2 Å². The quantitative estimate of drug-likeness (QED) is 0.214. The van der Waals surface area contributed by atoms with Crippen molar-refractivity contribution in [2.45, 2.75) is 20.3 Å². The summed E-state index contributed by atoms with van der Waals surface area (Å²) in [4.78, 5) is 17.1. The highest BCUT2D eigenvalue weighted by Gasteiger charge is 2.19. The van der Waals surface area contributed by atoms with Crippen LogP contribution in [0.5, 0.6) is 5.75 Å². The number of aromatic nitrogens is 3. The number of benzene rings is 2. The number of nitrogens with one attached hydrogen (secondary N) is 2. The minimum atomic E-state index is -0.349. The van der Waals surface area contributed by atoms with Crippen LogP contribution in [0.3, 0.4) is 0 Å². The van der Waals surface area contributed by atoms with Crippen molar-refractivity contribution in [1.82, 2.24) is 14.8 Å². The average molecular weight is 523 g/mol. The molecule has 36 heavy (non-hydrogen) atoms. The number of aryl methyl sites for hydroxylation is 2. The van der Waals surface area contributed by atoms with Crippen molar-refractivity contribution < 1.29 is 9.53 Å². The predicted molar refractivity (Wildman–Crippen MR) is 145 cm³/mol. The molecule has 8 nitrogen and oxygen atoms in total. The zero-order valence-electron chi connectivity index (χ0n) is 20.0. The molecule has 0 spiro atoms. The number of hydrogen-bond donors (Lipinski definition) is 2. The number of fused-ring (bicyclic) bond motifs is 2. The number of alkyl halides is 1. The number of nitriles is 1. The van der Waals surface area contributed by atoms with E-state index in [2.05, 4.69) is 21.8 Å². The maximum atomic E-state index is 12.4. The van der Waals surface area contributed by atoms with E-state index in [1.54, 1.807) is 35.2 Å². The summed E-state index contributed by atoms with van der Waals surface area (Å²) < 4.78 is 7.50. The summed E-state index contributed by atoms with van der Waals surface area (Å²) in [5, 5.41) is 22.6. The smallest absolute Gasteiger partial charge is 0.248 e. The lowest BCUT2D eigenvalue weighted by Crippen LogP contribution is -2.10. The molecule has 0 aliphatic heterocycles. The third-order valence-corrected chi connectivity index (χ3v) is 6.05. The van der Waals surface area contributed by atoms with Gasteiger partial charge in [-0.05, 0) is 31.5 Å². The third-order valence-electron chi connectivity index (χ3n) is 5.58. The largest absolute Gasteiger partial charge is 0.492 e. The maximum Gasteiger partial charge on any atom is 0.248 e. The van der Waals surface area contributed by atoms with E-state index in [0.717, 1.165) is 10.9 Å². The number of allylic oxidation sites excluding steroid dienone is 1. The monoisotopic (exact) mass is 522 g/mol. The number of amides is 1. The fourth-order valence-electron chi connectivity index (χ4n) is 4.03. The summed E-state index contributed by atoms with van der Waals surface area (Å²) in [6.07, 6.45) is 5.19. The van der Waals surface area contributed by atoms with E-state index in [1.807, 2.05) is 27.0 Å². The molecule has 0 unspecified atom stereocenters. The van der Waals surface area contributed by atoms with E-state index in [1.165, 1.54) is 6.08 Å². The standard InChI is InChI=1S/C26H24Cl2N6O2/c1-4-20-18(13-29)25(31-16-9-15-14-30-34(3)26(15)19(28)10-16)17-11-22(33-24(35)7-6-8-27)23(36-5-2)12-21(17)32-20/h6-7,9-12,14H,4-5,8H2,1-3H3,(H,31,32)(H,33,35)/b7-6+. The number of ether oxygens (including phenoxy) is 1. The van der Waals surface area contributed by atoms with Crippen molar-refractivity contribution in [1.29, 1.82) is 5.26 Å². The van der Waals surface area contributed by atoms with Crippen LogP contribution in [0.4, 0.5) is 17.1 Å². The summed E-state index contributed by atoms with van der Waals surface area (Å²) in [6.45, 7) is 4.20. The zero-order valence-corrected chi connectivity index (χ0v) is 21.5. The van der Waals surface area contributed by atoms with Gasteiger partial charge in [-0.2, -0.15) is 10.4 Å². The Hall–Kier alpha value is -3.80. The Kier molecular flexibility index (Phi) is 7.63. The van der Waals surface area contributed by atoms with Gasteiger partial charge in [0, 0.05) is 41.5 Å². The lowest BCUT2D eigenvalue weighted by atomic mass is 10.0. The first kappa shape index (κ1) is 25.3. The van der Waals surface area contributed by atoms with Crippen molar-refractivity contribution in [2.75, 3.05) is 23.1 Å². The fourth-order valence-corrected chi connectivity index (χ4v) is 4.47. The Morgan fingerprint density at radius 3 is 2.78 bits per heavy atom. The van der Waals surface area contributed by atoms with Crippen molar-refractivity contribution in [2.24, 2.45) is 7.05 Å². The van der Waals surface area contributed by atoms with E-state index in [9.17, 15) is 10.1 Å². The summed E-state index contributed by atoms with van der Waals surface area (Å²) in [7, 11) is 1.83. The van der Waals surface area contributed by atoms with Crippen molar-refractivity contribution in [3.8, 4) is 11.8 Å². The number of halogens is 2. The molecule has 0 atom stereocenters. The van der Waals surface area contributed by atoms with Crippen LogP contribution in [0.1, 0.15) is 25.1 Å². The molecule has 2 heterocycles. The second-order valence-corrected chi connectivity index (χ2v) is 8.62. The molecule has 0 aliphatic carbocycles. The van der Waals surface area contributed by atoms with Crippen LogP contribution < -0.4 is 15.4 Å². The number of carbonyl (C=O) groups is 1. The van der Waals surface area contributed by atoms with Gasteiger partial charge in [-0.3, -0.25) is 14.5 Å². The van der Waals surface area contributed by atoms with Gasteiger partial charge in [-0.25, -0.2) is 0 Å². The summed E-state index contributed by atoms with van der Waals surface area (Å²) in [5.74, 6) is 0.344. The molecule has 0 saturated carbocycles. The molecule has 184 valence electrons. The SMILES string of the molecule is CCOc1cc2nc(CC)c(C#N)c(Nc3cc(Cl)c4c(cnn4C)c3)c2cc1NC(=O)/C=C/CCl. The van der Waals surface area contributed by atoms with Crippen molar-refractivity contribution >= 4 is 68.0 Å². The van der Waals surface area contributed by atoms with E-state index in [4.69, 9.17) is 32.9 Å². The molecule has 0 saturated heterocycles. The molecule has 2 aromatic carbocycles. The molecule has 0 aliphatic rings. The van der Waals surface area contributed by atoms with Crippen LogP contribution >= 0.6 is 23.2 Å². The number of nitrogens with zero attached hydrogens (tertiary/aromatic N) is 4. The Balaban J connectivity index is 1.92. The first-order valence-electron chi connectivity index (χ1n) is 11.3. The third kappa shape index (κ3) is 4.94. The first-order chi connectivity index (χ1) is 17.4. The normalized spacial score (nSPS) is 11.2. The fraction of sp³-hybridized carbons (Fsp3) is 0.231. The van der Waals surface area contributed by atoms with E-state index >= 15 is 0 Å². The Morgan fingerprint density at radius 1 is 1.28 bits per heavy atom. The highest BCUT2D eigenvalue weighted by Crippen LogP contribution is 2.38. The van der Waals surface area contributed by atoms with Crippen LogP contribution in [0.25, 0.3) is 21.8 Å². The highest BCUT2D eigenvalue weighted by molar-refractivity contribution is 6.35. The van der Waals surface area contributed by atoms with Gasteiger partial charge >= 0.3 is 0 Å². The van der Waals surface area contributed by atoms with E-state index in [-0.39, 0.29) is 11.8 Å². The number of anilines is 3. The van der Waals surface area contributed by atoms with Gasteiger partial charge in [0.15, 0.2) is 0 Å². The topological polar surface area (TPSA) is 105 Å². The zero-order chi connectivity index (χ0) is 25.8. The van der Waals surface area contributed by atoms with Crippen molar-refractivity contribution in [3.05, 3.63) is 58.9 Å².